The van der Waals surface area contributed by atoms with Gasteiger partial charge in [0.25, 0.3) is 0 Å². The zero-order valence-corrected chi connectivity index (χ0v) is 8.19. The van der Waals surface area contributed by atoms with Gasteiger partial charge in [-0.3, -0.25) is 0 Å². The fourth-order valence-electron chi connectivity index (χ4n) is 0.684. The van der Waals surface area contributed by atoms with E-state index in [2.05, 4.69) is 0 Å². The van der Waals surface area contributed by atoms with Gasteiger partial charge in [0.15, 0.2) is 0 Å². The third kappa shape index (κ3) is 6.85. The molecule has 15 heavy (non-hydrogen) atoms. The van der Waals surface area contributed by atoms with E-state index >= 15 is 0 Å². The number of carbonyl (C=O) groups excluding carboxylic acids is 3. The normalized spacial score (nSPS) is 9.40. The van der Waals surface area contributed by atoms with Crippen molar-refractivity contribution in [1.29, 1.82) is 0 Å². The summed E-state index contributed by atoms with van der Waals surface area (Å²) in [5.74, 6) is -5.98. The standard InChI is InChI=1S/C6H8O7.Co.H2O/c7-3(8)1-6(13,5(11)12)2-4(9)10;;/h13H,1-2H2,(H,7,8)(H,9,10)(H,11,12);;1H2/q;+3;/p-3. The van der Waals surface area contributed by atoms with Crippen molar-refractivity contribution < 1.29 is 57.1 Å². The minimum absolute atomic E-state index is 0. The summed E-state index contributed by atoms with van der Waals surface area (Å²) in [6.07, 6.45) is -2.72. The van der Waals surface area contributed by atoms with E-state index in [4.69, 9.17) is 5.11 Å². The fourth-order valence-corrected chi connectivity index (χ4v) is 0.684. The average molecular weight is 266 g/mol. The molecular weight excluding hydrogens is 259 g/mol. The Balaban J connectivity index is -0.000000720. The predicted molar refractivity (Wildman–Crippen MR) is 32.8 cm³/mol. The number of carbonyl (C=O) groups is 3. The van der Waals surface area contributed by atoms with E-state index in [-0.39, 0.29) is 22.3 Å². The van der Waals surface area contributed by atoms with Gasteiger partial charge in [-0.25, -0.2) is 0 Å². The molecule has 0 saturated heterocycles. The van der Waals surface area contributed by atoms with E-state index in [0.29, 0.717) is 0 Å². The zero-order valence-electron chi connectivity index (χ0n) is 7.14. The minimum Gasteiger partial charge on any atom is -0.550 e. The maximum absolute atomic E-state index is 10.1. The van der Waals surface area contributed by atoms with Crippen LogP contribution in [0.25, 0.3) is 0 Å². The van der Waals surface area contributed by atoms with E-state index in [9.17, 15) is 29.7 Å². The summed E-state index contributed by atoms with van der Waals surface area (Å²) in [7, 11) is 0. The quantitative estimate of drug-likeness (QED) is 0.515. The van der Waals surface area contributed by atoms with Crippen LogP contribution in [-0.2, 0) is 31.2 Å². The largest absolute Gasteiger partial charge is 3.00 e. The number of carboxylic acid groups (broad SMARTS) is 3. The SMILES string of the molecule is O.O=C([O-])CC(O)(CC(=O)[O-])C(=O)[O-].[Co+3]. The molecule has 0 atom stereocenters. The Hall–Kier alpha value is -1.16. The molecule has 0 saturated carbocycles. The molecule has 0 aliphatic heterocycles. The smallest absolute Gasteiger partial charge is 0.550 e. The number of carboxylic acids is 3. The molecule has 0 spiro atoms. The molecule has 0 heterocycles. The monoisotopic (exact) mass is 266 g/mol. The second kappa shape index (κ2) is 7.17. The van der Waals surface area contributed by atoms with Crippen LogP contribution < -0.4 is 15.3 Å². The Morgan fingerprint density at radius 3 is 1.40 bits per heavy atom. The van der Waals surface area contributed by atoms with Crippen LogP contribution in [-0.4, -0.2) is 34.1 Å². The van der Waals surface area contributed by atoms with Gasteiger partial charge in [0.05, 0.1) is 5.97 Å². The summed E-state index contributed by atoms with van der Waals surface area (Å²) < 4.78 is 0. The summed E-state index contributed by atoms with van der Waals surface area (Å²) in [5.41, 5.74) is -2.97. The molecular formula is C6H7CoO8. The average Bonchev–Trinajstić information content (AvgIpc) is 1.82. The van der Waals surface area contributed by atoms with Crippen molar-refractivity contribution in [2.75, 3.05) is 0 Å². The van der Waals surface area contributed by atoms with Crippen LogP contribution in [0, 0.1) is 0 Å². The number of aliphatic carboxylic acids is 3. The molecule has 3 N–H and O–H groups in total. The van der Waals surface area contributed by atoms with Gasteiger partial charge in [-0.15, -0.1) is 0 Å². The summed E-state index contributed by atoms with van der Waals surface area (Å²) >= 11 is 0. The van der Waals surface area contributed by atoms with Gasteiger partial charge in [-0.1, -0.05) is 0 Å². The van der Waals surface area contributed by atoms with Gasteiger partial charge in [0, 0.05) is 24.8 Å². The van der Waals surface area contributed by atoms with E-state index in [1.807, 2.05) is 0 Å². The van der Waals surface area contributed by atoms with Crippen LogP contribution in [0.5, 0.6) is 0 Å². The maximum atomic E-state index is 10.1. The molecule has 88 valence electrons. The number of rotatable bonds is 5. The molecule has 0 fully saturated rings. The topological polar surface area (TPSA) is 172 Å². The number of aliphatic hydroxyl groups is 1. The van der Waals surface area contributed by atoms with E-state index in [1.165, 1.54) is 0 Å². The van der Waals surface area contributed by atoms with E-state index in [0.717, 1.165) is 0 Å². The first-order valence-electron chi connectivity index (χ1n) is 3.11. The maximum Gasteiger partial charge on any atom is 3.00 e. The van der Waals surface area contributed by atoms with E-state index in [1.54, 1.807) is 0 Å². The van der Waals surface area contributed by atoms with Gasteiger partial charge in [0.2, 0.25) is 0 Å². The second-order valence-electron chi connectivity index (χ2n) is 2.42. The molecule has 0 rings (SSSR count). The molecule has 0 aliphatic carbocycles. The van der Waals surface area contributed by atoms with Crippen LogP contribution >= 0.6 is 0 Å². The van der Waals surface area contributed by atoms with Crippen LogP contribution in [0.15, 0.2) is 0 Å². The predicted octanol–water partition coefficient (Wildman–Crippen LogP) is -6.08. The zero-order chi connectivity index (χ0) is 10.6. The second-order valence-corrected chi connectivity index (χ2v) is 2.42. The van der Waals surface area contributed by atoms with Gasteiger partial charge in [0.1, 0.15) is 5.60 Å². The molecule has 0 aromatic carbocycles. The molecule has 0 radical (unpaired) electrons. The molecule has 0 amide bonds. The summed E-state index contributed by atoms with van der Waals surface area (Å²) in [6.45, 7) is 0. The summed E-state index contributed by atoms with van der Waals surface area (Å²) in [4.78, 5) is 30.0. The fraction of sp³-hybridized carbons (Fsp3) is 0.500. The van der Waals surface area contributed by atoms with Crippen molar-refractivity contribution in [2.24, 2.45) is 0 Å². The Morgan fingerprint density at radius 2 is 1.27 bits per heavy atom. The molecule has 9 heteroatoms. The molecule has 8 nitrogen and oxygen atoms in total. The van der Waals surface area contributed by atoms with Crippen molar-refractivity contribution in [3.63, 3.8) is 0 Å². The van der Waals surface area contributed by atoms with Crippen LogP contribution in [0.2, 0.25) is 0 Å². The molecule has 0 aromatic rings. The van der Waals surface area contributed by atoms with Crippen molar-refractivity contribution in [3.05, 3.63) is 0 Å². The van der Waals surface area contributed by atoms with Crippen molar-refractivity contribution in [1.82, 2.24) is 0 Å². The molecule has 0 aromatic heterocycles. The van der Waals surface area contributed by atoms with Crippen molar-refractivity contribution in [2.45, 2.75) is 18.4 Å². The Bertz CT molecular complexity index is 234. The summed E-state index contributed by atoms with van der Waals surface area (Å²) in [6, 6.07) is 0. The third-order valence-corrected chi connectivity index (χ3v) is 1.25. The van der Waals surface area contributed by atoms with Gasteiger partial charge >= 0.3 is 16.8 Å². The minimum atomic E-state index is -2.97. The van der Waals surface area contributed by atoms with E-state index < -0.39 is 36.4 Å². The number of hydrogen-bond acceptors (Lipinski definition) is 7. The van der Waals surface area contributed by atoms with Crippen LogP contribution in [0.3, 0.4) is 0 Å². The molecule has 0 bridgehead atoms. The Labute approximate surface area is 94.0 Å². The van der Waals surface area contributed by atoms with Gasteiger partial charge in [-0.05, 0) is 0 Å². The molecule has 0 aliphatic rings. The first kappa shape index (κ1) is 19.4. The van der Waals surface area contributed by atoms with Crippen LogP contribution in [0.4, 0.5) is 0 Å². The molecule has 0 unspecified atom stereocenters. The Morgan fingerprint density at radius 1 is 1.00 bits per heavy atom. The van der Waals surface area contributed by atoms with Crippen LogP contribution in [0.1, 0.15) is 12.8 Å². The van der Waals surface area contributed by atoms with Gasteiger partial charge < -0.3 is 40.3 Å². The Kier molecular flexibility index (Phi) is 9.28. The van der Waals surface area contributed by atoms with Gasteiger partial charge in [-0.2, -0.15) is 0 Å². The third-order valence-electron chi connectivity index (χ3n) is 1.25. The first-order chi connectivity index (χ1) is 5.78. The number of hydrogen-bond donors (Lipinski definition) is 1. The summed E-state index contributed by atoms with van der Waals surface area (Å²) in [5, 5.41) is 38.9. The van der Waals surface area contributed by atoms with Crippen molar-refractivity contribution >= 4 is 17.9 Å². The van der Waals surface area contributed by atoms with Crippen molar-refractivity contribution in [3.8, 4) is 0 Å². The first-order valence-corrected chi connectivity index (χ1v) is 3.11.